The highest BCUT2D eigenvalue weighted by molar-refractivity contribution is 5.93. The lowest BCUT2D eigenvalue weighted by Gasteiger charge is -2.06. The number of carboxylic acid groups (broad SMARTS) is 1. The summed E-state index contributed by atoms with van der Waals surface area (Å²) in [5.41, 5.74) is 0.603. The Kier molecular flexibility index (Phi) is 3.14. The van der Waals surface area contributed by atoms with Gasteiger partial charge in [0, 0.05) is 11.6 Å². The Hall–Kier alpha value is -2.56. The lowest BCUT2D eigenvalue weighted by molar-refractivity contribution is 0.0691. The van der Waals surface area contributed by atoms with Crippen LogP contribution in [0.1, 0.15) is 10.5 Å². The van der Waals surface area contributed by atoms with E-state index in [0.717, 1.165) is 0 Å². The van der Waals surface area contributed by atoms with Crippen molar-refractivity contribution >= 4 is 5.97 Å². The van der Waals surface area contributed by atoms with Gasteiger partial charge in [-0.3, -0.25) is 4.79 Å². The minimum absolute atomic E-state index is 0.118. The first kappa shape index (κ1) is 11.9. The number of rotatable bonds is 3. The van der Waals surface area contributed by atoms with Gasteiger partial charge < -0.3 is 14.8 Å². The fraction of sp³-hybridized carbons (Fsp3) is 0.0769. The number of hydrogen-bond donors (Lipinski definition) is 2. The highest BCUT2D eigenvalue weighted by Crippen LogP contribution is 2.23. The molecule has 0 aliphatic carbocycles. The molecule has 0 bridgehead atoms. The molecule has 0 fully saturated rings. The van der Waals surface area contributed by atoms with Crippen LogP contribution in [0.5, 0.6) is 5.75 Å². The molecule has 92 valence electrons. The van der Waals surface area contributed by atoms with Crippen LogP contribution in [-0.4, -0.2) is 23.2 Å². The van der Waals surface area contributed by atoms with Gasteiger partial charge in [-0.1, -0.05) is 12.1 Å². The first-order valence-electron chi connectivity index (χ1n) is 5.23. The van der Waals surface area contributed by atoms with Crippen molar-refractivity contribution in [2.75, 3.05) is 7.11 Å². The number of nitrogens with one attached hydrogen (secondary N) is 1. The Morgan fingerprint density at radius 2 is 1.83 bits per heavy atom. The van der Waals surface area contributed by atoms with Crippen molar-refractivity contribution in [2.45, 2.75) is 0 Å². The standard InChI is InChI=1S/C13H11NO4/c1-18-9-4-2-8(3-5-9)10-6-7-11(15)14-12(10)13(16)17/h2-7H,1H3,(H,14,15)(H,16,17). The second-order valence-corrected chi connectivity index (χ2v) is 3.64. The monoisotopic (exact) mass is 245 g/mol. The predicted octanol–water partition coefficient (Wildman–Crippen LogP) is 1.75. The van der Waals surface area contributed by atoms with E-state index < -0.39 is 11.5 Å². The van der Waals surface area contributed by atoms with Gasteiger partial charge in [-0.25, -0.2) is 4.79 Å². The van der Waals surface area contributed by atoms with Crippen LogP contribution in [0.2, 0.25) is 0 Å². The highest BCUT2D eigenvalue weighted by atomic mass is 16.5. The maximum atomic E-state index is 11.1. The van der Waals surface area contributed by atoms with Crippen molar-refractivity contribution < 1.29 is 14.6 Å². The molecule has 2 aromatic rings. The number of aromatic amines is 1. The molecule has 0 unspecified atom stereocenters. The average Bonchev–Trinajstić information content (AvgIpc) is 2.39. The molecule has 5 nitrogen and oxygen atoms in total. The Morgan fingerprint density at radius 1 is 1.17 bits per heavy atom. The largest absolute Gasteiger partial charge is 0.497 e. The van der Waals surface area contributed by atoms with E-state index >= 15 is 0 Å². The lowest BCUT2D eigenvalue weighted by Crippen LogP contribution is -2.12. The Balaban J connectivity index is 2.55. The van der Waals surface area contributed by atoms with E-state index in [9.17, 15) is 9.59 Å². The van der Waals surface area contributed by atoms with Crippen LogP contribution < -0.4 is 10.3 Å². The van der Waals surface area contributed by atoms with Gasteiger partial charge in [0.1, 0.15) is 11.4 Å². The average molecular weight is 245 g/mol. The van der Waals surface area contributed by atoms with Crippen molar-refractivity contribution in [1.82, 2.24) is 4.98 Å². The summed E-state index contributed by atoms with van der Waals surface area (Å²) >= 11 is 0. The summed E-state index contributed by atoms with van der Waals surface area (Å²) in [6, 6.07) is 9.71. The molecule has 0 saturated carbocycles. The maximum Gasteiger partial charge on any atom is 0.353 e. The maximum absolute atomic E-state index is 11.1. The fourth-order valence-electron chi connectivity index (χ4n) is 1.65. The van der Waals surface area contributed by atoms with E-state index in [4.69, 9.17) is 9.84 Å². The molecule has 1 heterocycles. The number of carboxylic acids is 1. The minimum Gasteiger partial charge on any atom is -0.497 e. The first-order valence-corrected chi connectivity index (χ1v) is 5.23. The molecular formula is C13H11NO4. The molecule has 2 N–H and O–H groups in total. The third-order valence-corrected chi connectivity index (χ3v) is 2.53. The van der Waals surface area contributed by atoms with Crippen LogP contribution in [0.15, 0.2) is 41.2 Å². The number of aromatic carboxylic acids is 1. The molecule has 2 rings (SSSR count). The topological polar surface area (TPSA) is 79.4 Å². The van der Waals surface area contributed by atoms with Crippen molar-refractivity contribution in [3.63, 3.8) is 0 Å². The summed E-state index contributed by atoms with van der Waals surface area (Å²) in [5, 5.41) is 9.06. The zero-order chi connectivity index (χ0) is 13.1. The third-order valence-electron chi connectivity index (χ3n) is 2.53. The van der Waals surface area contributed by atoms with Gasteiger partial charge in [-0.15, -0.1) is 0 Å². The van der Waals surface area contributed by atoms with Crippen molar-refractivity contribution in [2.24, 2.45) is 0 Å². The van der Waals surface area contributed by atoms with E-state index in [1.165, 1.54) is 12.1 Å². The van der Waals surface area contributed by atoms with Gasteiger partial charge in [-0.05, 0) is 23.8 Å². The predicted molar refractivity (Wildman–Crippen MR) is 66.0 cm³/mol. The molecule has 0 saturated heterocycles. The Bertz CT molecular complexity index is 628. The molecule has 0 aliphatic heterocycles. The minimum atomic E-state index is -1.17. The van der Waals surface area contributed by atoms with Crippen LogP contribution in [0.4, 0.5) is 0 Å². The molecule has 0 atom stereocenters. The number of aromatic nitrogens is 1. The number of carbonyl (C=O) groups is 1. The molecule has 0 spiro atoms. The van der Waals surface area contributed by atoms with Gasteiger partial charge >= 0.3 is 5.97 Å². The van der Waals surface area contributed by atoms with Crippen LogP contribution in [-0.2, 0) is 0 Å². The van der Waals surface area contributed by atoms with E-state index in [-0.39, 0.29) is 5.69 Å². The SMILES string of the molecule is COc1ccc(-c2ccc(=O)[nH]c2C(=O)O)cc1. The lowest BCUT2D eigenvalue weighted by atomic mass is 10.0. The van der Waals surface area contributed by atoms with Crippen molar-refractivity contribution in [1.29, 1.82) is 0 Å². The van der Waals surface area contributed by atoms with E-state index in [2.05, 4.69) is 4.98 Å². The first-order chi connectivity index (χ1) is 8.61. The molecule has 0 radical (unpaired) electrons. The molecule has 1 aromatic heterocycles. The summed E-state index contributed by atoms with van der Waals surface area (Å²) in [7, 11) is 1.55. The second-order valence-electron chi connectivity index (χ2n) is 3.64. The molecule has 5 heteroatoms. The number of hydrogen-bond acceptors (Lipinski definition) is 3. The summed E-state index contributed by atoms with van der Waals surface area (Å²) in [5.74, 6) is -0.487. The molecule has 0 amide bonds. The Morgan fingerprint density at radius 3 is 2.39 bits per heavy atom. The number of benzene rings is 1. The van der Waals surface area contributed by atoms with E-state index in [0.29, 0.717) is 16.9 Å². The normalized spacial score (nSPS) is 10.1. The van der Waals surface area contributed by atoms with Crippen LogP contribution in [0.25, 0.3) is 11.1 Å². The molecular weight excluding hydrogens is 234 g/mol. The summed E-state index contributed by atoms with van der Waals surface area (Å²) < 4.78 is 5.03. The smallest absolute Gasteiger partial charge is 0.353 e. The fourth-order valence-corrected chi connectivity index (χ4v) is 1.65. The van der Waals surface area contributed by atoms with E-state index in [1.807, 2.05) is 0 Å². The summed E-state index contributed by atoms with van der Waals surface area (Å²) in [4.78, 5) is 24.5. The molecule has 1 aromatic carbocycles. The van der Waals surface area contributed by atoms with Crippen molar-refractivity contribution in [3.8, 4) is 16.9 Å². The molecule has 0 aliphatic rings. The van der Waals surface area contributed by atoms with E-state index in [1.54, 1.807) is 31.4 Å². The number of ether oxygens (including phenoxy) is 1. The second kappa shape index (κ2) is 4.75. The molecule has 18 heavy (non-hydrogen) atoms. The number of H-pyrrole nitrogens is 1. The van der Waals surface area contributed by atoms with Crippen LogP contribution >= 0.6 is 0 Å². The summed E-state index contributed by atoms with van der Waals surface area (Å²) in [6.07, 6.45) is 0. The van der Waals surface area contributed by atoms with Gasteiger partial charge in [0.15, 0.2) is 0 Å². The van der Waals surface area contributed by atoms with Crippen LogP contribution in [0.3, 0.4) is 0 Å². The highest BCUT2D eigenvalue weighted by Gasteiger charge is 2.12. The van der Waals surface area contributed by atoms with Gasteiger partial charge in [0.2, 0.25) is 5.56 Å². The zero-order valence-corrected chi connectivity index (χ0v) is 9.64. The Labute approximate surface area is 103 Å². The van der Waals surface area contributed by atoms with Gasteiger partial charge in [0.05, 0.1) is 7.11 Å². The zero-order valence-electron chi connectivity index (χ0n) is 9.64. The number of methoxy groups -OCH3 is 1. The van der Waals surface area contributed by atoms with Crippen molar-refractivity contribution in [3.05, 3.63) is 52.4 Å². The third kappa shape index (κ3) is 2.24. The summed E-state index contributed by atoms with van der Waals surface area (Å²) in [6.45, 7) is 0. The number of pyridine rings is 1. The quantitative estimate of drug-likeness (QED) is 0.863. The van der Waals surface area contributed by atoms with Gasteiger partial charge in [-0.2, -0.15) is 0 Å². The van der Waals surface area contributed by atoms with Gasteiger partial charge in [0.25, 0.3) is 0 Å². The van der Waals surface area contributed by atoms with Crippen LogP contribution in [0, 0.1) is 0 Å².